The third-order valence-electron chi connectivity index (χ3n) is 2.95. The van der Waals surface area contributed by atoms with E-state index in [9.17, 15) is 0 Å². The number of ether oxygens (including phenoxy) is 1. The summed E-state index contributed by atoms with van der Waals surface area (Å²) in [5.41, 5.74) is 4.21. The second-order valence-corrected chi connectivity index (χ2v) is 3.79. The molecule has 2 heterocycles. The average Bonchev–Trinajstić information content (AvgIpc) is 2.29. The second kappa shape index (κ2) is 3.14. The van der Waals surface area contributed by atoms with Crippen LogP contribution in [0, 0.1) is 0 Å². The van der Waals surface area contributed by atoms with E-state index in [4.69, 9.17) is 4.74 Å². The Kier molecular flexibility index (Phi) is 1.81. The first-order valence-corrected chi connectivity index (χ1v) is 5.09. The highest BCUT2D eigenvalue weighted by Gasteiger charge is 2.21. The fraction of sp³-hybridized carbons (Fsp3) is 0.333. The van der Waals surface area contributed by atoms with E-state index in [0.29, 0.717) is 0 Å². The van der Waals surface area contributed by atoms with Crippen LogP contribution in [0.25, 0.3) is 5.57 Å². The highest BCUT2D eigenvalue weighted by Crippen LogP contribution is 2.34. The molecule has 3 rings (SSSR count). The van der Waals surface area contributed by atoms with Gasteiger partial charge < -0.3 is 10.1 Å². The highest BCUT2D eigenvalue weighted by molar-refractivity contribution is 5.76. The summed E-state index contributed by atoms with van der Waals surface area (Å²) in [6.07, 6.45) is 1.13. The molecule has 1 aromatic rings. The van der Waals surface area contributed by atoms with Gasteiger partial charge in [0.05, 0.1) is 0 Å². The Morgan fingerprint density at radius 3 is 3.14 bits per heavy atom. The van der Waals surface area contributed by atoms with Gasteiger partial charge in [0, 0.05) is 12.1 Å². The maximum atomic E-state index is 5.71. The van der Waals surface area contributed by atoms with Crippen LogP contribution in [0.5, 0.6) is 5.75 Å². The Labute approximate surface area is 83.6 Å². The van der Waals surface area contributed by atoms with Crippen molar-refractivity contribution in [3.05, 3.63) is 35.4 Å². The molecular weight excluding hydrogens is 174 g/mol. The van der Waals surface area contributed by atoms with Gasteiger partial charge in [0.2, 0.25) is 0 Å². The Balaban J connectivity index is 2.13. The monoisotopic (exact) mass is 187 g/mol. The summed E-state index contributed by atoms with van der Waals surface area (Å²) < 4.78 is 5.71. The first-order chi connectivity index (χ1) is 6.95. The van der Waals surface area contributed by atoms with Gasteiger partial charge >= 0.3 is 0 Å². The minimum Gasteiger partial charge on any atom is -0.489 e. The van der Waals surface area contributed by atoms with Crippen LogP contribution in [0.15, 0.2) is 29.8 Å². The number of para-hydroxylation sites is 1. The van der Waals surface area contributed by atoms with Gasteiger partial charge in [-0.25, -0.2) is 0 Å². The van der Waals surface area contributed by atoms with Crippen LogP contribution in [-0.4, -0.2) is 19.7 Å². The zero-order chi connectivity index (χ0) is 9.38. The molecule has 2 heteroatoms. The van der Waals surface area contributed by atoms with Crippen molar-refractivity contribution in [2.24, 2.45) is 0 Å². The number of nitrogens with one attached hydrogen (secondary N) is 1. The van der Waals surface area contributed by atoms with E-state index in [2.05, 4.69) is 17.4 Å². The molecule has 2 aliphatic rings. The highest BCUT2D eigenvalue weighted by atomic mass is 16.5. The first-order valence-electron chi connectivity index (χ1n) is 5.09. The number of hydrogen-bond donors (Lipinski definition) is 1. The molecule has 1 N–H and O–H groups in total. The van der Waals surface area contributed by atoms with Gasteiger partial charge in [-0.15, -0.1) is 0 Å². The van der Waals surface area contributed by atoms with Crippen LogP contribution >= 0.6 is 0 Å². The molecule has 0 saturated heterocycles. The summed E-state index contributed by atoms with van der Waals surface area (Å²) in [6.45, 7) is 2.87. The summed E-state index contributed by atoms with van der Waals surface area (Å²) in [6, 6.07) is 8.30. The van der Waals surface area contributed by atoms with E-state index in [1.165, 1.54) is 16.7 Å². The smallest absolute Gasteiger partial charge is 0.127 e. The molecule has 1 aromatic carbocycles. The molecule has 0 amide bonds. The van der Waals surface area contributed by atoms with Crippen LogP contribution in [0.4, 0.5) is 0 Å². The number of rotatable bonds is 0. The van der Waals surface area contributed by atoms with Crippen molar-refractivity contribution in [3.63, 3.8) is 0 Å². The van der Waals surface area contributed by atoms with E-state index in [1.807, 2.05) is 12.1 Å². The van der Waals surface area contributed by atoms with Crippen LogP contribution in [0.3, 0.4) is 0 Å². The maximum Gasteiger partial charge on any atom is 0.127 e. The lowest BCUT2D eigenvalue weighted by atomic mass is 9.93. The van der Waals surface area contributed by atoms with Crippen LogP contribution in [0.2, 0.25) is 0 Å². The van der Waals surface area contributed by atoms with Crippen molar-refractivity contribution < 1.29 is 4.74 Å². The molecule has 14 heavy (non-hydrogen) atoms. The Bertz CT molecular complexity index is 395. The molecule has 0 aromatic heterocycles. The summed E-state index contributed by atoms with van der Waals surface area (Å²) in [5.74, 6) is 1.04. The molecule has 0 unspecified atom stereocenters. The summed E-state index contributed by atoms with van der Waals surface area (Å²) >= 11 is 0. The quantitative estimate of drug-likeness (QED) is 0.669. The summed E-state index contributed by atoms with van der Waals surface area (Å²) in [5, 5.41) is 3.41. The van der Waals surface area contributed by atoms with Crippen molar-refractivity contribution in [3.8, 4) is 5.75 Å². The maximum absolute atomic E-state index is 5.71. The van der Waals surface area contributed by atoms with Crippen molar-refractivity contribution in [2.75, 3.05) is 19.7 Å². The zero-order valence-electron chi connectivity index (χ0n) is 8.05. The SMILES string of the molecule is c1ccc2c(c1)OCC1=C2CNCC1. The lowest BCUT2D eigenvalue weighted by molar-refractivity contribution is 0.337. The van der Waals surface area contributed by atoms with Crippen LogP contribution in [0.1, 0.15) is 12.0 Å². The first kappa shape index (κ1) is 8.06. The van der Waals surface area contributed by atoms with Crippen molar-refractivity contribution >= 4 is 5.57 Å². The molecule has 0 aliphatic carbocycles. The van der Waals surface area contributed by atoms with Gasteiger partial charge in [-0.2, -0.15) is 0 Å². The normalized spacial score (nSPS) is 19.7. The Hall–Kier alpha value is -1.28. The minimum atomic E-state index is 0.786. The second-order valence-electron chi connectivity index (χ2n) is 3.79. The Morgan fingerprint density at radius 2 is 2.14 bits per heavy atom. The minimum absolute atomic E-state index is 0.786. The standard InChI is InChI=1S/C12H13NO/c1-2-4-12-10(3-1)11-7-13-6-5-9(11)8-14-12/h1-4,13H,5-8H2. The van der Waals surface area contributed by atoms with Crippen molar-refractivity contribution in [1.82, 2.24) is 5.32 Å². The van der Waals surface area contributed by atoms with Gasteiger partial charge in [-0.05, 0) is 30.2 Å². The lowest BCUT2D eigenvalue weighted by Gasteiger charge is -2.27. The van der Waals surface area contributed by atoms with Gasteiger partial charge in [-0.1, -0.05) is 18.2 Å². The fourth-order valence-electron chi connectivity index (χ4n) is 2.18. The van der Waals surface area contributed by atoms with E-state index < -0.39 is 0 Å². The lowest BCUT2D eigenvalue weighted by Crippen LogP contribution is -2.28. The zero-order valence-corrected chi connectivity index (χ0v) is 8.05. The molecule has 0 atom stereocenters. The topological polar surface area (TPSA) is 21.3 Å². The van der Waals surface area contributed by atoms with E-state index >= 15 is 0 Å². The molecule has 0 bridgehead atoms. The number of fused-ring (bicyclic) bond motifs is 2. The molecule has 2 aliphatic heterocycles. The molecule has 0 spiro atoms. The van der Waals surface area contributed by atoms with Crippen molar-refractivity contribution in [2.45, 2.75) is 6.42 Å². The number of benzene rings is 1. The van der Waals surface area contributed by atoms with E-state index in [-0.39, 0.29) is 0 Å². The van der Waals surface area contributed by atoms with Crippen LogP contribution < -0.4 is 10.1 Å². The van der Waals surface area contributed by atoms with Gasteiger partial charge in [0.25, 0.3) is 0 Å². The van der Waals surface area contributed by atoms with Crippen LogP contribution in [-0.2, 0) is 0 Å². The fourth-order valence-corrected chi connectivity index (χ4v) is 2.18. The predicted octanol–water partition coefficient (Wildman–Crippen LogP) is 1.83. The summed E-state index contributed by atoms with van der Waals surface area (Å²) in [7, 11) is 0. The Morgan fingerprint density at radius 1 is 1.21 bits per heavy atom. The van der Waals surface area contributed by atoms with Crippen molar-refractivity contribution in [1.29, 1.82) is 0 Å². The number of hydrogen-bond acceptors (Lipinski definition) is 2. The van der Waals surface area contributed by atoms with E-state index in [0.717, 1.165) is 31.9 Å². The molecule has 0 fully saturated rings. The molecule has 0 radical (unpaired) electrons. The largest absolute Gasteiger partial charge is 0.489 e. The predicted molar refractivity (Wildman–Crippen MR) is 56.3 cm³/mol. The van der Waals surface area contributed by atoms with Gasteiger partial charge in [0.1, 0.15) is 12.4 Å². The molecule has 72 valence electrons. The third-order valence-corrected chi connectivity index (χ3v) is 2.95. The van der Waals surface area contributed by atoms with Gasteiger partial charge in [-0.3, -0.25) is 0 Å². The third kappa shape index (κ3) is 1.15. The van der Waals surface area contributed by atoms with Gasteiger partial charge in [0.15, 0.2) is 0 Å². The summed E-state index contributed by atoms with van der Waals surface area (Å²) in [4.78, 5) is 0. The molecule has 2 nitrogen and oxygen atoms in total. The van der Waals surface area contributed by atoms with E-state index in [1.54, 1.807) is 0 Å². The molecule has 0 saturated carbocycles. The molecular formula is C12H13NO. The average molecular weight is 187 g/mol.